The fourth-order valence-electron chi connectivity index (χ4n) is 4.51. The lowest BCUT2D eigenvalue weighted by molar-refractivity contribution is -0.127. The zero-order valence-electron chi connectivity index (χ0n) is 24.4. The van der Waals surface area contributed by atoms with Crippen LogP contribution in [0.1, 0.15) is 49.3 Å². The molecule has 3 aromatic heterocycles. The fourth-order valence-corrected chi connectivity index (χ4v) is 4.51. The molecule has 0 bridgehead atoms. The average molecular weight is 594 g/mol. The Morgan fingerprint density at radius 2 is 1.88 bits per heavy atom. The van der Waals surface area contributed by atoms with Crippen molar-refractivity contribution in [3.05, 3.63) is 60.0 Å². The molecule has 43 heavy (non-hydrogen) atoms. The minimum atomic E-state index is -0.916. The Bertz CT molecular complexity index is 1690. The first-order valence-corrected chi connectivity index (χ1v) is 13.7. The van der Waals surface area contributed by atoms with E-state index in [1.165, 1.54) is 33.7 Å². The molecular formula is C29H32FN7O6. The number of halogens is 1. The summed E-state index contributed by atoms with van der Waals surface area (Å²) in [6.07, 6.45) is 3.69. The quantitative estimate of drug-likeness (QED) is 0.344. The van der Waals surface area contributed by atoms with Gasteiger partial charge in [0.2, 0.25) is 11.5 Å². The van der Waals surface area contributed by atoms with Crippen LogP contribution in [0.5, 0.6) is 0 Å². The van der Waals surface area contributed by atoms with Crippen LogP contribution in [-0.4, -0.2) is 73.6 Å². The topological polar surface area (TPSA) is 153 Å². The molecule has 4 heterocycles. The van der Waals surface area contributed by atoms with Crippen molar-refractivity contribution in [2.75, 3.05) is 30.3 Å². The van der Waals surface area contributed by atoms with E-state index in [2.05, 4.69) is 25.6 Å². The average Bonchev–Trinajstić information content (AvgIpc) is 3.39. The number of amides is 3. The van der Waals surface area contributed by atoms with E-state index in [9.17, 15) is 18.8 Å². The van der Waals surface area contributed by atoms with Gasteiger partial charge in [-0.05, 0) is 52.3 Å². The van der Waals surface area contributed by atoms with Crippen molar-refractivity contribution in [1.29, 1.82) is 0 Å². The number of nitrogens with zero attached hydrogens (tertiary/aromatic N) is 5. The molecule has 1 aliphatic heterocycles. The van der Waals surface area contributed by atoms with Gasteiger partial charge >= 0.3 is 6.09 Å². The molecule has 0 radical (unpaired) electrons. The molecule has 4 aromatic rings. The van der Waals surface area contributed by atoms with Gasteiger partial charge in [0.15, 0.2) is 12.0 Å². The molecule has 5 rings (SSSR count). The lowest BCUT2D eigenvalue weighted by Gasteiger charge is -2.27. The Hall–Kier alpha value is -4.85. The molecule has 1 aromatic carbocycles. The van der Waals surface area contributed by atoms with E-state index in [1.54, 1.807) is 47.0 Å². The number of anilines is 2. The summed E-state index contributed by atoms with van der Waals surface area (Å²) in [6.45, 7) is 9.38. The number of fused-ring (bicyclic) bond motifs is 1. The first-order chi connectivity index (χ1) is 20.4. The number of aryl methyl sites for hydroxylation is 2. The number of carbonyl (C=O) groups is 3. The monoisotopic (exact) mass is 593 g/mol. The number of ether oxygens (including phenoxy) is 2. The molecule has 1 aliphatic rings. The van der Waals surface area contributed by atoms with Gasteiger partial charge in [0.25, 0.3) is 11.8 Å². The number of carbonyl (C=O) groups excluding carboxylic acids is 3. The highest BCUT2D eigenvalue weighted by molar-refractivity contribution is 6.03. The second kappa shape index (κ2) is 11.8. The van der Waals surface area contributed by atoms with Crippen molar-refractivity contribution in [3.8, 4) is 11.3 Å². The van der Waals surface area contributed by atoms with Gasteiger partial charge in [-0.1, -0.05) is 0 Å². The third-order valence-electron chi connectivity index (χ3n) is 6.41. The van der Waals surface area contributed by atoms with Crippen LogP contribution in [0.2, 0.25) is 0 Å². The number of nitrogens with one attached hydrogen (secondary N) is 2. The highest BCUT2D eigenvalue weighted by Crippen LogP contribution is 2.27. The SMILES string of the molecule is Cc1nc(C)c(C(=O)Nc2ccc(F)c(-c3cn4cc(NC(=O)C5CN(C(=O)OC(C)(C)C)CCCO5)cnc4n3)c2)o1. The van der Waals surface area contributed by atoms with Gasteiger partial charge in [-0.3, -0.25) is 14.0 Å². The van der Waals surface area contributed by atoms with Crippen molar-refractivity contribution in [2.45, 2.75) is 52.7 Å². The van der Waals surface area contributed by atoms with Crippen LogP contribution in [0.25, 0.3) is 17.0 Å². The van der Waals surface area contributed by atoms with Gasteiger partial charge in [0.1, 0.15) is 11.4 Å². The fraction of sp³-hybridized carbons (Fsp3) is 0.379. The van der Waals surface area contributed by atoms with Gasteiger partial charge in [-0.15, -0.1) is 0 Å². The number of oxazole rings is 1. The standard InChI is InChI=1S/C29H32FN7O6/c1-16-24(42-17(2)32-16)26(39)33-18-7-8-21(30)20(11-18)22-14-37-13-19(12-31-27(37)35-22)34-25(38)23-15-36(9-6-10-41-23)28(40)43-29(3,4)5/h7-8,11-14,23H,6,9-10,15H2,1-5H3,(H,33,39)(H,34,38). The molecule has 1 saturated heterocycles. The normalized spacial score (nSPS) is 15.7. The Morgan fingerprint density at radius 3 is 2.60 bits per heavy atom. The van der Waals surface area contributed by atoms with Crippen molar-refractivity contribution >= 4 is 35.1 Å². The van der Waals surface area contributed by atoms with Crippen molar-refractivity contribution < 1.29 is 32.7 Å². The van der Waals surface area contributed by atoms with E-state index in [4.69, 9.17) is 13.9 Å². The highest BCUT2D eigenvalue weighted by atomic mass is 19.1. The molecule has 1 unspecified atom stereocenters. The van der Waals surface area contributed by atoms with Crippen LogP contribution in [0.4, 0.5) is 20.6 Å². The molecule has 14 heteroatoms. The number of imidazole rings is 1. The van der Waals surface area contributed by atoms with Crippen LogP contribution in [0.15, 0.2) is 41.2 Å². The summed E-state index contributed by atoms with van der Waals surface area (Å²) in [5.41, 5.74) is 0.845. The molecule has 3 amide bonds. The van der Waals surface area contributed by atoms with Gasteiger partial charge < -0.3 is 29.4 Å². The molecule has 0 saturated carbocycles. The summed E-state index contributed by atoms with van der Waals surface area (Å²) in [4.78, 5) is 52.5. The first-order valence-electron chi connectivity index (χ1n) is 13.7. The molecule has 13 nitrogen and oxygen atoms in total. The van der Waals surface area contributed by atoms with E-state index >= 15 is 0 Å². The predicted octanol–water partition coefficient (Wildman–Crippen LogP) is 4.36. The van der Waals surface area contributed by atoms with Crippen LogP contribution < -0.4 is 10.6 Å². The second-order valence-electron chi connectivity index (χ2n) is 11.1. The lowest BCUT2D eigenvalue weighted by Crippen LogP contribution is -2.44. The molecular weight excluding hydrogens is 561 g/mol. The highest BCUT2D eigenvalue weighted by Gasteiger charge is 2.30. The number of benzene rings is 1. The zero-order chi connectivity index (χ0) is 30.9. The Kier molecular flexibility index (Phi) is 8.13. The summed E-state index contributed by atoms with van der Waals surface area (Å²) < 4.78 is 32.9. The predicted molar refractivity (Wildman–Crippen MR) is 153 cm³/mol. The van der Waals surface area contributed by atoms with E-state index in [0.717, 1.165) is 0 Å². The minimum Gasteiger partial charge on any atom is -0.444 e. The van der Waals surface area contributed by atoms with Crippen LogP contribution >= 0.6 is 0 Å². The number of hydrogen-bond acceptors (Lipinski definition) is 9. The zero-order valence-corrected chi connectivity index (χ0v) is 24.4. The minimum absolute atomic E-state index is 0.0351. The summed E-state index contributed by atoms with van der Waals surface area (Å²) in [5, 5.41) is 5.45. The maximum atomic E-state index is 14.9. The summed E-state index contributed by atoms with van der Waals surface area (Å²) in [5.74, 6) is -0.831. The molecule has 0 aliphatic carbocycles. The van der Waals surface area contributed by atoms with Gasteiger partial charge in [-0.25, -0.2) is 24.1 Å². The second-order valence-corrected chi connectivity index (χ2v) is 11.1. The third-order valence-corrected chi connectivity index (χ3v) is 6.41. The van der Waals surface area contributed by atoms with E-state index in [1.807, 2.05) is 0 Å². The Balaban J connectivity index is 1.30. The maximum Gasteiger partial charge on any atom is 0.410 e. The van der Waals surface area contributed by atoms with Crippen molar-refractivity contribution in [1.82, 2.24) is 24.3 Å². The Labute approximate surface area is 246 Å². The molecule has 1 atom stereocenters. The summed E-state index contributed by atoms with van der Waals surface area (Å²) in [7, 11) is 0. The molecule has 1 fully saturated rings. The molecule has 226 valence electrons. The van der Waals surface area contributed by atoms with Crippen LogP contribution in [0, 0.1) is 19.7 Å². The van der Waals surface area contributed by atoms with Gasteiger partial charge in [0, 0.05) is 43.7 Å². The largest absolute Gasteiger partial charge is 0.444 e. The van der Waals surface area contributed by atoms with Crippen LogP contribution in [-0.2, 0) is 14.3 Å². The van der Waals surface area contributed by atoms with Crippen molar-refractivity contribution in [2.24, 2.45) is 0 Å². The van der Waals surface area contributed by atoms with Crippen molar-refractivity contribution in [3.63, 3.8) is 0 Å². The van der Waals surface area contributed by atoms with E-state index < -0.39 is 35.4 Å². The van der Waals surface area contributed by atoms with E-state index in [-0.39, 0.29) is 29.3 Å². The number of hydrogen-bond donors (Lipinski definition) is 2. The molecule has 0 spiro atoms. The molecule has 2 N–H and O–H groups in total. The first kappa shape index (κ1) is 29.6. The number of aromatic nitrogens is 4. The van der Waals surface area contributed by atoms with Gasteiger partial charge in [-0.2, -0.15) is 0 Å². The number of rotatable bonds is 5. The summed E-state index contributed by atoms with van der Waals surface area (Å²) >= 11 is 0. The summed E-state index contributed by atoms with van der Waals surface area (Å²) in [6, 6.07) is 4.10. The lowest BCUT2D eigenvalue weighted by atomic mass is 10.1. The smallest absolute Gasteiger partial charge is 0.410 e. The maximum absolute atomic E-state index is 14.9. The van der Waals surface area contributed by atoms with Gasteiger partial charge in [0.05, 0.1) is 29.8 Å². The third kappa shape index (κ3) is 6.97. The van der Waals surface area contributed by atoms with Crippen LogP contribution in [0.3, 0.4) is 0 Å². The van der Waals surface area contributed by atoms with E-state index in [0.29, 0.717) is 42.5 Å². The Morgan fingerprint density at radius 1 is 1.09 bits per heavy atom.